The van der Waals surface area contributed by atoms with E-state index in [1.807, 2.05) is 0 Å². The number of hydrogen-bond acceptors (Lipinski definition) is 4. The lowest BCUT2D eigenvalue weighted by Gasteiger charge is -1.83. The van der Waals surface area contributed by atoms with E-state index in [2.05, 4.69) is 11.7 Å². The number of aromatic nitrogens is 2. The van der Waals surface area contributed by atoms with Crippen molar-refractivity contribution in [2.75, 3.05) is 0 Å². The highest BCUT2D eigenvalue weighted by Crippen LogP contribution is 2.09. The van der Waals surface area contributed by atoms with Crippen molar-refractivity contribution in [1.29, 1.82) is 0 Å². The first-order chi connectivity index (χ1) is 5.69. The zero-order valence-corrected chi connectivity index (χ0v) is 6.01. The van der Waals surface area contributed by atoms with Crippen LogP contribution in [0.1, 0.15) is 10.5 Å². The van der Waals surface area contributed by atoms with E-state index in [4.69, 9.17) is 0 Å². The Morgan fingerprint density at radius 1 is 1.75 bits per heavy atom. The molecule has 0 amide bonds. The molecule has 0 aromatic carbocycles. The maximum atomic E-state index is 10.3. The van der Waals surface area contributed by atoms with Crippen molar-refractivity contribution in [1.82, 2.24) is 9.78 Å². The van der Waals surface area contributed by atoms with E-state index in [1.165, 1.54) is 6.20 Å². The zero-order valence-electron chi connectivity index (χ0n) is 6.01. The number of nitrogens with zero attached hydrogens (tertiary/aromatic N) is 3. The van der Waals surface area contributed by atoms with Gasteiger partial charge in [0.2, 0.25) is 0 Å². The lowest BCUT2D eigenvalue weighted by molar-refractivity contribution is -0.389. The topological polar surface area (TPSA) is 78.0 Å². The van der Waals surface area contributed by atoms with E-state index in [0.717, 1.165) is 10.7 Å². The standard InChI is InChI=1S/C6H5N3O3/c1-2-8-5(4-10)3-6(7-8)9(11)12/h2-4H,1H2. The van der Waals surface area contributed by atoms with Gasteiger partial charge in [-0.3, -0.25) is 4.79 Å². The molecule has 0 unspecified atom stereocenters. The molecule has 0 atom stereocenters. The molecule has 0 bridgehead atoms. The summed E-state index contributed by atoms with van der Waals surface area (Å²) in [6.07, 6.45) is 1.69. The minimum absolute atomic E-state index is 0.108. The molecule has 12 heavy (non-hydrogen) atoms. The first-order valence-corrected chi connectivity index (χ1v) is 3.00. The summed E-state index contributed by atoms with van der Waals surface area (Å²) in [4.78, 5) is 19.8. The molecular weight excluding hydrogens is 162 g/mol. The summed E-state index contributed by atoms with van der Waals surface area (Å²) in [6, 6.07) is 1.08. The molecule has 62 valence electrons. The van der Waals surface area contributed by atoms with Crippen LogP contribution in [0.4, 0.5) is 5.82 Å². The van der Waals surface area contributed by atoms with Gasteiger partial charge in [-0.1, -0.05) is 6.58 Å². The Kier molecular flexibility index (Phi) is 2.00. The zero-order chi connectivity index (χ0) is 9.14. The van der Waals surface area contributed by atoms with E-state index in [-0.39, 0.29) is 11.5 Å². The molecule has 0 aliphatic rings. The van der Waals surface area contributed by atoms with Gasteiger partial charge in [-0.25, -0.2) is 0 Å². The highest BCUT2D eigenvalue weighted by Gasteiger charge is 2.15. The Labute approximate surface area is 67.3 Å². The van der Waals surface area contributed by atoms with E-state index in [0.29, 0.717) is 6.29 Å². The monoisotopic (exact) mass is 167 g/mol. The minimum atomic E-state index is -0.674. The van der Waals surface area contributed by atoms with Crippen LogP contribution in [-0.4, -0.2) is 21.0 Å². The van der Waals surface area contributed by atoms with Crippen LogP contribution >= 0.6 is 0 Å². The van der Waals surface area contributed by atoms with Crippen LogP contribution in [0.25, 0.3) is 6.20 Å². The second-order valence-corrected chi connectivity index (χ2v) is 1.93. The van der Waals surface area contributed by atoms with Crippen molar-refractivity contribution in [3.63, 3.8) is 0 Å². The highest BCUT2D eigenvalue weighted by atomic mass is 16.6. The predicted molar refractivity (Wildman–Crippen MR) is 40.7 cm³/mol. The molecule has 0 saturated heterocycles. The number of hydrogen-bond donors (Lipinski definition) is 0. The van der Waals surface area contributed by atoms with Crippen molar-refractivity contribution in [3.8, 4) is 0 Å². The summed E-state index contributed by atoms with van der Waals surface area (Å²) in [6.45, 7) is 3.33. The van der Waals surface area contributed by atoms with E-state index in [1.54, 1.807) is 0 Å². The molecular formula is C6H5N3O3. The van der Waals surface area contributed by atoms with E-state index >= 15 is 0 Å². The van der Waals surface area contributed by atoms with Gasteiger partial charge in [0, 0.05) is 6.20 Å². The maximum Gasteiger partial charge on any atom is 0.391 e. The summed E-state index contributed by atoms with van der Waals surface area (Å²) < 4.78 is 1.05. The van der Waals surface area contributed by atoms with E-state index < -0.39 is 4.92 Å². The predicted octanol–water partition coefficient (Wildman–Crippen LogP) is 0.704. The van der Waals surface area contributed by atoms with Crippen molar-refractivity contribution < 1.29 is 9.72 Å². The van der Waals surface area contributed by atoms with Crippen molar-refractivity contribution in [2.45, 2.75) is 0 Å². The van der Waals surface area contributed by atoms with Crippen LogP contribution in [0, 0.1) is 10.1 Å². The van der Waals surface area contributed by atoms with Crippen LogP contribution in [0.5, 0.6) is 0 Å². The number of aldehydes is 1. The molecule has 0 aliphatic carbocycles. The Bertz CT molecular complexity index is 316. The molecule has 6 heteroatoms. The molecule has 0 saturated carbocycles. The van der Waals surface area contributed by atoms with Crippen LogP contribution < -0.4 is 0 Å². The van der Waals surface area contributed by atoms with Crippen LogP contribution in [0.15, 0.2) is 12.6 Å². The Morgan fingerprint density at radius 2 is 2.42 bits per heavy atom. The van der Waals surface area contributed by atoms with Gasteiger partial charge >= 0.3 is 5.82 Å². The summed E-state index contributed by atoms with van der Waals surface area (Å²) in [7, 11) is 0. The Morgan fingerprint density at radius 3 is 2.75 bits per heavy atom. The normalized spacial score (nSPS) is 9.33. The minimum Gasteiger partial charge on any atom is -0.358 e. The fourth-order valence-corrected chi connectivity index (χ4v) is 0.719. The lowest BCUT2D eigenvalue weighted by Crippen LogP contribution is -1.94. The fraction of sp³-hybridized carbons (Fsp3) is 0. The molecule has 0 fully saturated rings. The van der Waals surface area contributed by atoms with E-state index in [9.17, 15) is 14.9 Å². The molecule has 0 spiro atoms. The molecule has 0 N–H and O–H groups in total. The molecule has 0 aliphatic heterocycles. The van der Waals surface area contributed by atoms with Crippen LogP contribution in [-0.2, 0) is 0 Å². The average Bonchev–Trinajstić information content (AvgIpc) is 2.46. The van der Waals surface area contributed by atoms with Gasteiger partial charge in [-0.05, 0) is 4.92 Å². The summed E-state index contributed by atoms with van der Waals surface area (Å²) in [5.74, 6) is -0.364. The maximum absolute atomic E-state index is 10.3. The second kappa shape index (κ2) is 2.95. The highest BCUT2D eigenvalue weighted by molar-refractivity contribution is 5.74. The molecule has 1 rings (SSSR count). The lowest BCUT2D eigenvalue weighted by atomic mass is 10.4. The van der Waals surface area contributed by atoms with Gasteiger partial charge < -0.3 is 10.1 Å². The fourth-order valence-electron chi connectivity index (χ4n) is 0.719. The molecule has 0 radical (unpaired) electrons. The molecule has 1 aromatic heterocycles. The Hall–Kier alpha value is -1.98. The Balaban J connectivity index is 3.22. The van der Waals surface area contributed by atoms with Gasteiger partial charge in [0.05, 0.1) is 11.2 Å². The molecule has 1 heterocycles. The van der Waals surface area contributed by atoms with Crippen LogP contribution in [0.3, 0.4) is 0 Å². The summed E-state index contributed by atoms with van der Waals surface area (Å²) in [5.41, 5.74) is 0.108. The third kappa shape index (κ3) is 1.22. The SMILES string of the molecule is C=Cn1nc([N+](=O)[O-])cc1C=O. The van der Waals surface area contributed by atoms with Crippen molar-refractivity contribution in [2.24, 2.45) is 0 Å². The third-order valence-corrected chi connectivity index (χ3v) is 1.23. The first-order valence-electron chi connectivity index (χ1n) is 3.00. The molecule has 1 aromatic rings. The number of rotatable bonds is 3. The largest absolute Gasteiger partial charge is 0.391 e. The van der Waals surface area contributed by atoms with Gasteiger partial charge in [-0.2, -0.15) is 0 Å². The quantitative estimate of drug-likeness (QED) is 0.377. The second-order valence-electron chi connectivity index (χ2n) is 1.93. The molecule has 6 nitrogen and oxygen atoms in total. The smallest absolute Gasteiger partial charge is 0.358 e. The van der Waals surface area contributed by atoms with Crippen molar-refractivity contribution >= 4 is 18.3 Å². The number of nitro groups is 1. The van der Waals surface area contributed by atoms with Gasteiger partial charge in [0.1, 0.15) is 5.69 Å². The first kappa shape index (κ1) is 8.12. The third-order valence-electron chi connectivity index (χ3n) is 1.23. The van der Waals surface area contributed by atoms with Crippen molar-refractivity contribution in [3.05, 3.63) is 28.5 Å². The summed E-state index contributed by atoms with van der Waals surface area (Å²) in [5, 5.41) is 13.6. The number of carbonyl (C=O) groups is 1. The van der Waals surface area contributed by atoms with Crippen LogP contribution in [0.2, 0.25) is 0 Å². The average molecular weight is 167 g/mol. The van der Waals surface area contributed by atoms with Gasteiger partial charge in [0.15, 0.2) is 6.29 Å². The van der Waals surface area contributed by atoms with Gasteiger partial charge in [0.25, 0.3) is 0 Å². The van der Waals surface area contributed by atoms with Gasteiger partial charge in [-0.15, -0.1) is 4.68 Å². The summed E-state index contributed by atoms with van der Waals surface area (Å²) >= 11 is 0. The number of carbonyl (C=O) groups excluding carboxylic acids is 1.